The van der Waals surface area contributed by atoms with Gasteiger partial charge in [-0.25, -0.2) is 0 Å². The molecule has 0 aromatic heterocycles. The first-order valence-corrected chi connectivity index (χ1v) is 7.86. The lowest BCUT2D eigenvalue weighted by molar-refractivity contribution is 0.387. The van der Waals surface area contributed by atoms with Gasteiger partial charge in [0.2, 0.25) is 0 Å². The van der Waals surface area contributed by atoms with Crippen LogP contribution in [0.4, 0.5) is 5.69 Å². The van der Waals surface area contributed by atoms with Gasteiger partial charge in [0.15, 0.2) is 0 Å². The highest BCUT2D eigenvalue weighted by molar-refractivity contribution is 6.32. The highest BCUT2D eigenvalue weighted by Gasteiger charge is 2.38. The summed E-state index contributed by atoms with van der Waals surface area (Å²) in [5.74, 6) is 3.59. The molecule has 0 heterocycles. The molecule has 0 spiro atoms. The Kier molecular flexibility index (Phi) is 4.03. The Morgan fingerprint density at radius 2 is 1.90 bits per heavy atom. The van der Waals surface area contributed by atoms with E-state index in [2.05, 4.69) is 24.4 Å². The predicted molar refractivity (Wildman–Crippen MR) is 86.5 cm³/mol. The average Bonchev–Trinajstić information content (AvgIpc) is 3.10. The molecule has 4 heteroatoms. The Hall–Kier alpha value is -1.35. The van der Waals surface area contributed by atoms with Crippen LogP contribution in [0.5, 0.6) is 11.5 Å². The number of rotatable bonds is 5. The molecule has 2 bridgehead atoms. The molecule has 1 saturated carbocycles. The van der Waals surface area contributed by atoms with Crippen molar-refractivity contribution in [2.24, 2.45) is 17.8 Å². The van der Waals surface area contributed by atoms with Crippen LogP contribution in [0.25, 0.3) is 0 Å². The van der Waals surface area contributed by atoms with Crippen molar-refractivity contribution in [2.45, 2.75) is 25.8 Å². The summed E-state index contributed by atoms with van der Waals surface area (Å²) in [6.07, 6.45) is 7.35. The molecule has 0 radical (unpaired) electrons. The molecule has 0 saturated heterocycles. The van der Waals surface area contributed by atoms with Crippen LogP contribution in [0.15, 0.2) is 24.3 Å². The molecule has 1 aromatic carbocycles. The number of hydrogen-bond acceptors (Lipinski definition) is 3. The predicted octanol–water partition coefficient (Wildman–Crippen LogP) is 4.37. The second-order valence-corrected chi connectivity index (χ2v) is 6.47. The second-order valence-electron chi connectivity index (χ2n) is 6.06. The van der Waals surface area contributed by atoms with Gasteiger partial charge < -0.3 is 14.8 Å². The summed E-state index contributed by atoms with van der Waals surface area (Å²) in [5.41, 5.74) is 0.933. The fraction of sp³-hybridized carbons (Fsp3) is 0.529. The van der Waals surface area contributed by atoms with Gasteiger partial charge >= 0.3 is 0 Å². The second kappa shape index (κ2) is 5.80. The standard InChI is InChI=1S/C17H22ClNO2/c1-10(13-7-11-4-5-12(13)6-11)19-15-8-14(18)16(20-2)9-17(15)21-3/h4-5,8-13,19H,6-7H2,1-3H3. The van der Waals surface area contributed by atoms with Crippen LogP contribution >= 0.6 is 11.6 Å². The first-order chi connectivity index (χ1) is 10.1. The van der Waals surface area contributed by atoms with Gasteiger partial charge in [-0.15, -0.1) is 0 Å². The van der Waals surface area contributed by atoms with Crippen molar-refractivity contribution in [2.75, 3.05) is 19.5 Å². The lowest BCUT2D eigenvalue weighted by Gasteiger charge is -2.28. The summed E-state index contributed by atoms with van der Waals surface area (Å²) in [5, 5.41) is 4.18. The van der Waals surface area contributed by atoms with Crippen molar-refractivity contribution in [3.63, 3.8) is 0 Å². The van der Waals surface area contributed by atoms with E-state index in [1.807, 2.05) is 12.1 Å². The van der Waals surface area contributed by atoms with Crippen LogP contribution in [0, 0.1) is 17.8 Å². The molecule has 114 valence electrons. The number of fused-ring (bicyclic) bond motifs is 2. The zero-order valence-corrected chi connectivity index (χ0v) is 13.5. The normalized spacial score (nSPS) is 27.7. The third kappa shape index (κ3) is 2.71. The minimum atomic E-state index is 0.392. The van der Waals surface area contributed by atoms with E-state index in [1.54, 1.807) is 14.2 Å². The lowest BCUT2D eigenvalue weighted by Crippen LogP contribution is -2.29. The Morgan fingerprint density at radius 1 is 1.14 bits per heavy atom. The Balaban J connectivity index is 1.78. The van der Waals surface area contributed by atoms with Gasteiger partial charge in [0.1, 0.15) is 11.5 Å². The van der Waals surface area contributed by atoms with E-state index in [-0.39, 0.29) is 0 Å². The van der Waals surface area contributed by atoms with Crippen LogP contribution in [-0.2, 0) is 0 Å². The van der Waals surface area contributed by atoms with Crippen LogP contribution in [-0.4, -0.2) is 20.3 Å². The molecule has 1 fully saturated rings. The lowest BCUT2D eigenvalue weighted by atomic mass is 9.87. The fourth-order valence-electron chi connectivity index (χ4n) is 3.72. The van der Waals surface area contributed by atoms with Gasteiger partial charge in [-0.3, -0.25) is 0 Å². The maximum absolute atomic E-state index is 6.23. The third-order valence-electron chi connectivity index (χ3n) is 4.83. The highest BCUT2D eigenvalue weighted by atomic mass is 35.5. The van der Waals surface area contributed by atoms with Crippen molar-refractivity contribution >= 4 is 17.3 Å². The monoisotopic (exact) mass is 307 g/mol. The molecule has 2 aliphatic carbocycles. The summed E-state index contributed by atoms with van der Waals surface area (Å²) < 4.78 is 10.7. The van der Waals surface area contributed by atoms with Crippen molar-refractivity contribution < 1.29 is 9.47 Å². The summed E-state index contributed by atoms with van der Waals surface area (Å²) in [7, 11) is 3.27. The smallest absolute Gasteiger partial charge is 0.145 e. The molecule has 4 atom stereocenters. The average molecular weight is 308 g/mol. The number of anilines is 1. The largest absolute Gasteiger partial charge is 0.495 e. The third-order valence-corrected chi connectivity index (χ3v) is 5.12. The summed E-state index contributed by atoms with van der Waals surface area (Å²) >= 11 is 6.23. The Bertz CT molecular complexity index is 558. The summed E-state index contributed by atoms with van der Waals surface area (Å²) in [4.78, 5) is 0. The Labute approximate surface area is 131 Å². The molecule has 0 amide bonds. The zero-order valence-electron chi connectivity index (χ0n) is 12.7. The summed E-state index contributed by atoms with van der Waals surface area (Å²) in [6, 6.07) is 4.11. The molecule has 4 unspecified atom stereocenters. The van der Waals surface area contributed by atoms with E-state index in [4.69, 9.17) is 21.1 Å². The minimum absolute atomic E-state index is 0.392. The van der Waals surface area contributed by atoms with Crippen molar-refractivity contribution in [1.29, 1.82) is 0 Å². The zero-order chi connectivity index (χ0) is 15.0. The van der Waals surface area contributed by atoms with Crippen molar-refractivity contribution in [1.82, 2.24) is 0 Å². The van der Waals surface area contributed by atoms with Crippen molar-refractivity contribution in [3.8, 4) is 11.5 Å². The maximum atomic E-state index is 6.23. The van der Waals surface area contributed by atoms with E-state index >= 15 is 0 Å². The molecule has 1 N–H and O–H groups in total. The van der Waals surface area contributed by atoms with Gasteiger partial charge in [0.05, 0.1) is 24.9 Å². The number of halogens is 1. The molecule has 2 aliphatic rings. The van der Waals surface area contributed by atoms with E-state index in [1.165, 1.54) is 12.8 Å². The molecular weight excluding hydrogens is 286 g/mol. The number of nitrogens with one attached hydrogen (secondary N) is 1. The van der Waals surface area contributed by atoms with Crippen molar-refractivity contribution in [3.05, 3.63) is 29.3 Å². The number of hydrogen-bond donors (Lipinski definition) is 1. The topological polar surface area (TPSA) is 30.5 Å². The van der Waals surface area contributed by atoms with Crippen LogP contribution in [0.3, 0.4) is 0 Å². The van der Waals surface area contributed by atoms with Gasteiger partial charge in [0.25, 0.3) is 0 Å². The van der Waals surface area contributed by atoms with Crippen LogP contribution < -0.4 is 14.8 Å². The molecule has 1 aromatic rings. The molecule has 3 rings (SSSR count). The van der Waals surface area contributed by atoms with E-state index < -0.39 is 0 Å². The van der Waals surface area contributed by atoms with Gasteiger partial charge in [-0.2, -0.15) is 0 Å². The number of benzene rings is 1. The first-order valence-electron chi connectivity index (χ1n) is 7.48. The molecule has 21 heavy (non-hydrogen) atoms. The fourth-order valence-corrected chi connectivity index (χ4v) is 3.96. The number of methoxy groups -OCH3 is 2. The van der Waals surface area contributed by atoms with Gasteiger partial charge in [-0.05, 0) is 43.6 Å². The number of ether oxygens (including phenoxy) is 2. The van der Waals surface area contributed by atoms with Crippen LogP contribution in [0.1, 0.15) is 19.8 Å². The Morgan fingerprint density at radius 3 is 2.48 bits per heavy atom. The first kappa shape index (κ1) is 14.6. The molecule has 0 aliphatic heterocycles. The van der Waals surface area contributed by atoms with Gasteiger partial charge in [-0.1, -0.05) is 23.8 Å². The highest BCUT2D eigenvalue weighted by Crippen LogP contribution is 2.46. The minimum Gasteiger partial charge on any atom is -0.495 e. The number of allylic oxidation sites excluding steroid dienone is 2. The van der Waals surface area contributed by atoms with E-state index in [0.29, 0.717) is 22.7 Å². The van der Waals surface area contributed by atoms with E-state index in [9.17, 15) is 0 Å². The SMILES string of the molecule is COc1cc(OC)c(NC(C)C2CC3C=CC2C3)cc1Cl. The van der Waals surface area contributed by atoms with E-state index in [0.717, 1.165) is 23.3 Å². The quantitative estimate of drug-likeness (QED) is 0.819. The van der Waals surface area contributed by atoms with Crippen LogP contribution in [0.2, 0.25) is 5.02 Å². The molecule has 3 nitrogen and oxygen atoms in total. The van der Waals surface area contributed by atoms with Gasteiger partial charge in [0, 0.05) is 12.1 Å². The maximum Gasteiger partial charge on any atom is 0.145 e. The summed E-state index contributed by atoms with van der Waals surface area (Å²) in [6.45, 7) is 2.25. The molecular formula is C17H22ClNO2.